The van der Waals surface area contributed by atoms with E-state index in [0.29, 0.717) is 52.7 Å². The summed E-state index contributed by atoms with van der Waals surface area (Å²) in [5.74, 6) is -4.97. The van der Waals surface area contributed by atoms with Crippen LogP contribution in [0, 0.1) is 30.6 Å². The first kappa shape index (κ1) is 33.6. The Balaban J connectivity index is 1.19. The van der Waals surface area contributed by atoms with Crippen molar-refractivity contribution < 1.29 is 29.0 Å². The summed E-state index contributed by atoms with van der Waals surface area (Å²) < 4.78 is 5.50. The molecule has 268 valence electrons. The van der Waals surface area contributed by atoms with Gasteiger partial charge >= 0.3 is 0 Å². The Morgan fingerprint density at radius 3 is 2.21 bits per heavy atom. The van der Waals surface area contributed by atoms with E-state index < -0.39 is 46.8 Å². The van der Waals surface area contributed by atoms with E-state index >= 15 is 4.79 Å². The molecule has 3 aliphatic heterocycles. The Kier molecular flexibility index (Phi) is 8.05. The zero-order chi connectivity index (χ0) is 36.6. The van der Waals surface area contributed by atoms with Crippen molar-refractivity contribution in [2.75, 3.05) is 41.0 Å². The van der Waals surface area contributed by atoms with Crippen molar-refractivity contribution in [2.24, 2.45) is 23.7 Å². The lowest BCUT2D eigenvalue weighted by Gasteiger charge is -2.50. The highest BCUT2D eigenvalue weighted by atomic mass is 35.5. The van der Waals surface area contributed by atoms with Gasteiger partial charge in [0.2, 0.25) is 23.6 Å². The number of carbonyl (C=O) groups is 4. The average molecular weight is 728 g/mol. The Morgan fingerprint density at radius 2 is 1.47 bits per heavy atom. The zero-order valence-corrected chi connectivity index (χ0v) is 29.9. The van der Waals surface area contributed by atoms with E-state index in [2.05, 4.69) is 4.90 Å². The van der Waals surface area contributed by atoms with Crippen LogP contribution >= 0.6 is 11.6 Å². The van der Waals surface area contributed by atoms with E-state index in [4.69, 9.17) is 16.3 Å². The monoisotopic (exact) mass is 727 g/mol. The number of benzene rings is 4. The fraction of sp³-hybridized carbons (Fsp3) is 0.302. The molecule has 53 heavy (non-hydrogen) atoms. The first-order valence-corrected chi connectivity index (χ1v) is 18.6. The number of phenolic OH excluding ortho intramolecular Hbond substituents is 1. The summed E-state index contributed by atoms with van der Waals surface area (Å²) in [6.07, 6.45) is 2.48. The largest absolute Gasteiger partial charge is 0.507 e. The Morgan fingerprint density at radius 1 is 0.755 bits per heavy atom. The molecule has 0 radical (unpaired) electrons. The normalized spacial score (nSPS) is 28.2. The molecule has 9 rings (SSSR count). The van der Waals surface area contributed by atoms with Crippen molar-refractivity contribution in [1.82, 2.24) is 0 Å². The second kappa shape index (κ2) is 12.7. The van der Waals surface area contributed by atoms with Crippen LogP contribution in [0.4, 0.5) is 17.1 Å². The summed E-state index contributed by atoms with van der Waals surface area (Å²) >= 11 is 6.42. The molecule has 4 aromatic rings. The number of para-hydroxylation sites is 1. The number of hydrogen-bond acceptors (Lipinski definition) is 7. The van der Waals surface area contributed by atoms with Crippen molar-refractivity contribution in [3.05, 3.63) is 130 Å². The molecule has 3 saturated heterocycles. The van der Waals surface area contributed by atoms with Gasteiger partial charge < -0.3 is 14.7 Å². The minimum atomic E-state index is -1.46. The van der Waals surface area contributed by atoms with Gasteiger partial charge in [-0.25, -0.2) is 4.90 Å². The maximum absolute atomic E-state index is 15.4. The van der Waals surface area contributed by atoms with Crippen LogP contribution in [0.3, 0.4) is 0 Å². The van der Waals surface area contributed by atoms with Gasteiger partial charge in [-0.05, 0) is 79.3 Å². The van der Waals surface area contributed by atoms with Gasteiger partial charge in [-0.2, -0.15) is 0 Å². The lowest BCUT2D eigenvalue weighted by Crippen LogP contribution is -2.53. The number of fused-ring (bicyclic) bond motifs is 4. The third-order valence-electron chi connectivity index (χ3n) is 12.2. The molecule has 6 unspecified atom stereocenters. The molecule has 0 bridgehead atoms. The van der Waals surface area contributed by atoms with Gasteiger partial charge in [0.05, 0.1) is 47.8 Å². The summed E-state index contributed by atoms with van der Waals surface area (Å²) in [7, 11) is 0. The predicted molar refractivity (Wildman–Crippen MR) is 201 cm³/mol. The number of aryl methyl sites for hydroxylation is 1. The molecule has 6 atom stereocenters. The van der Waals surface area contributed by atoms with Gasteiger partial charge in [-0.1, -0.05) is 77.8 Å². The molecular formula is C43H38ClN3O6. The molecule has 0 aromatic heterocycles. The molecule has 1 saturated carbocycles. The van der Waals surface area contributed by atoms with E-state index in [1.54, 1.807) is 37.3 Å². The number of rotatable bonds is 5. The minimum Gasteiger partial charge on any atom is -0.507 e. The first-order valence-electron chi connectivity index (χ1n) is 18.2. The Bertz CT molecular complexity index is 2200. The molecule has 10 heteroatoms. The smallest absolute Gasteiger partial charge is 0.246 e. The van der Waals surface area contributed by atoms with E-state index in [0.717, 1.165) is 24.4 Å². The lowest BCUT2D eigenvalue weighted by molar-refractivity contribution is -0.127. The fourth-order valence-corrected chi connectivity index (χ4v) is 10.1. The number of nitrogens with zero attached hydrogens (tertiary/aromatic N) is 3. The molecule has 3 heterocycles. The number of anilines is 3. The van der Waals surface area contributed by atoms with Crippen molar-refractivity contribution in [3.63, 3.8) is 0 Å². The molecular weight excluding hydrogens is 690 g/mol. The quantitative estimate of drug-likeness (QED) is 0.183. The third kappa shape index (κ3) is 4.93. The van der Waals surface area contributed by atoms with Gasteiger partial charge in [-0.3, -0.25) is 24.1 Å². The second-order valence-corrected chi connectivity index (χ2v) is 15.2. The first-order chi connectivity index (χ1) is 25.7. The number of phenols is 1. The highest BCUT2D eigenvalue weighted by molar-refractivity contribution is 6.32. The summed E-state index contributed by atoms with van der Waals surface area (Å²) in [4.78, 5) is 64.0. The van der Waals surface area contributed by atoms with Crippen molar-refractivity contribution in [2.45, 2.75) is 31.1 Å². The van der Waals surface area contributed by atoms with Crippen LogP contribution in [0.5, 0.6) is 5.75 Å². The number of halogens is 1. The molecule has 4 fully saturated rings. The van der Waals surface area contributed by atoms with Crippen LogP contribution in [-0.2, 0) is 29.3 Å². The number of aromatic hydroxyl groups is 1. The molecule has 0 spiro atoms. The number of allylic oxidation sites excluding steroid dienone is 2. The molecule has 2 aliphatic carbocycles. The van der Waals surface area contributed by atoms with Gasteiger partial charge in [0.15, 0.2) is 0 Å². The molecule has 5 aliphatic rings. The number of amides is 4. The average Bonchev–Trinajstić information content (AvgIpc) is 3.57. The molecule has 4 aromatic carbocycles. The van der Waals surface area contributed by atoms with Crippen LogP contribution in [0.25, 0.3) is 0 Å². The zero-order valence-electron chi connectivity index (χ0n) is 29.2. The maximum atomic E-state index is 15.4. The van der Waals surface area contributed by atoms with Crippen LogP contribution in [0.15, 0.2) is 109 Å². The van der Waals surface area contributed by atoms with E-state index in [1.807, 2.05) is 72.8 Å². The molecule has 1 N–H and O–H groups in total. The summed E-state index contributed by atoms with van der Waals surface area (Å²) in [6, 6.07) is 29.0. The van der Waals surface area contributed by atoms with Gasteiger partial charge in [-0.15, -0.1) is 0 Å². The SMILES string of the molecule is Cc1cccc(C2C3=CCC4C(=O)N(c5ccc(N6CCOCC6)cc5)C(=O)C4C3CC3C(=O)N(c4cccc(Cl)c4)C(=O)C32c2ccccc2)c1O. The number of morpholine rings is 1. The topological polar surface area (TPSA) is 107 Å². The van der Waals surface area contributed by atoms with E-state index in [9.17, 15) is 19.5 Å². The van der Waals surface area contributed by atoms with Crippen LogP contribution in [0.1, 0.15) is 35.4 Å². The van der Waals surface area contributed by atoms with E-state index in [-0.39, 0.29) is 24.0 Å². The van der Waals surface area contributed by atoms with Crippen molar-refractivity contribution in [1.29, 1.82) is 0 Å². The highest BCUT2D eigenvalue weighted by Gasteiger charge is 2.70. The molecule has 4 amide bonds. The number of carbonyl (C=O) groups excluding carboxylic acids is 4. The Labute approximate surface area is 312 Å². The van der Waals surface area contributed by atoms with Crippen LogP contribution in [0.2, 0.25) is 5.02 Å². The fourth-order valence-electron chi connectivity index (χ4n) is 9.89. The lowest BCUT2D eigenvalue weighted by atomic mass is 9.49. The van der Waals surface area contributed by atoms with Crippen LogP contribution in [-0.4, -0.2) is 55.0 Å². The summed E-state index contributed by atoms with van der Waals surface area (Å²) in [6.45, 7) is 4.62. The third-order valence-corrected chi connectivity index (χ3v) is 12.5. The number of imide groups is 2. The van der Waals surface area contributed by atoms with Crippen molar-refractivity contribution in [3.8, 4) is 5.75 Å². The van der Waals surface area contributed by atoms with Gasteiger partial charge in [0, 0.05) is 35.3 Å². The standard InChI is InChI=1S/C43H38ClN3O6/c1-25-7-5-12-33(38(25)48)37-31-17-18-32-36(41(51)46(39(32)49)29-15-13-28(14-16-29)45-19-21-53-22-20-45)34(31)24-35-40(50)47(30-11-6-10-27(44)23-30)42(52)43(35,37)26-8-3-2-4-9-26/h2-17,23,32,34-37,48H,18-22,24H2,1H3. The number of ether oxygens (including phenoxy) is 1. The summed E-state index contributed by atoms with van der Waals surface area (Å²) in [5.41, 5.74) is 2.99. The van der Waals surface area contributed by atoms with Crippen LogP contribution < -0.4 is 14.7 Å². The highest BCUT2D eigenvalue weighted by Crippen LogP contribution is 2.65. The predicted octanol–water partition coefficient (Wildman–Crippen LogP) is 6.56. The number of hydrogen-bond donors (Lipinski definition) is 1. The van der Waals surface area contributed by atoms with Gasteiger partial charge in [0.25, 0.3) is 0 Å². The molecule has 9 nitrogen and oxygen atoms in total. The summed E-state index contributed by atoms with van der Waals surface area (Å²) in [5, 5.41) is 12.2. The van der Waals surface area contributed by atoms with Gasteiger partial charge in [0.1, 0.15) is 5.75 Å². The van der Waals surface area contributed by atoms with Crippen molar-refractivity contribution >= 4 is 52.3 Å². The Hall–Kier alpha value is -5.25. The van der Waals surface area contributed by atoms with E-state index in [1.165, 1.54) is 9.80 Å². The second-order valence-electron chi connectivity index (χ2n) is 14.7. The minimum absolute atomic E-state index is 0.0347. The maximum Gasteiger partial charge on any atom is 0.246 e.